The van der Waals surface area contributed by atoms with E-state index in [2.05, 4.69) is 22.2 Å². The zero-order chi connectivity index (χ0) is 14.5. The number of hydrogen-bond acceptors (Lipinski definition) is 3. The van der Waals surface area contributed by atoms with Crippen LogP contribution < -0.4 is 5.32 Å². The monoisotopic (exact) mass is 299 g/mol. The van der Waals surface area contributed by atoms with Crippen molar-refractivity contribution >= 4 is 17.5 Å². The molecule has 0 spiro atoms. The zero-order valence-electron chi connectivity index (χ0n) is 11.5. The van der Waals surface area contributed by atoms with Gasteiger partial charge in [0.1, 0.15) is 11.0 Å². The number of nitrogens with zero attached hydrogens (tertiary/aromatic N) is 2. The number of carbonyl (C=O) groups is 1. The predicted octanol–water partition coefficient (Wildman–Crippen LogP) is 2.48. The zero-order valence-corrected chi connectivity index (χ0v) is 12.3. The number of aromatic nitrogens is 1. The second-order valence-electron chi connectivity index (χ2n) is 5.17. The lowest BCUT2D eigenvalue weighted by atomic mass is 10.2. The topological polar surface area (TPSA) is 45.2 Å². The van der Waals surface area contributed by atoms with E-state index >= 15 is 0 Å². The highest BCUT2D eigenvalue weighted by molar-refractivity contribution is 6.32. The normalized spacial score (nSPS) is 15.8. The van der Waals surface area contributed by atoms with Gasteiger partial charge in [-0.15, -0.1) is 0 Å². The van der Waals surface area contributed by atoms with Crippen LogP contribution in [0.15, 0.2) is 12.3 Å². The smallest absolute Gasteiger partial charge is 0.254 e. The van der Waals surface area contributed by atoms with Crippen LogP contribution in [0.3, 0.4) is 0 Å². The van der Waals surface area contributed by atoms with E-state index in [-0.39, 0.29) is 16.6 Å². The minimum absolute atomic E-state index is 0.0213. The fourth-order valence-electron chi connectivity index (χ4n) is 2.55. The van der Waals surface area contributed by atoms with Gasteiger partial charge in [-0.25, -0.2) is 9.37 Å². The molecule has 0 bridgehead atoms. The van der Waals surface area contributed by atoms with E-state index in [0.29, 0.717) is 12.6 Å². The van der Waals surface area contributed by atoms with Crippen molar-refractivity contribution in [3.05, 3.63) is 28.8 Å². The molecule has 1 fully saturated rings. The summed E-state index contributed by atoms with van der Waals surface area (Å²) < 4.78 is 13.1. The summed E-state index contributed by atoms with van der Waals surface area (Å²) >= 11 is 5.79. The summed E-state index contributed by atoms with van der Waals surface area (Å²) in [7, 11) is 2.07. The molecule has 1 aliphatic carbocycles. The van der Waals surface area contributed by atoms with Crippen molar-refractivity contribution in [2.24, 2.45) is 0 Å². The molecule has 4 nitrogen and oxygen atoms in total. The fraction of sp³-hybridized carbons (Fsp3) is 0.571. The highest BCUT2D eigenvalue weighted by atomic mass is 35.5. The molecule has 0 radical (unpaired) electrons. The van der Waals surface area contributed by atoms with Gasteiger partial charge in [0.15, 0.2) is 0 Å². The van der Waals surface area contributed by atoms with Gasteiger partial charge in [0.25, 0.3) is 5.91 Å². The first-order valence-corrected chi connectivity index (χ1v) is 7.25. The number of hydrogen-bond donors (Lipinski definition) is 1. The molecule has 110 valence electrons. The Hall–Kier alpha value is -1.20. The first kappa shape index (κ1) is 15.2. The van der Waals surface area contributed by atoms with Crippen LogP contribution in [0.5, 0.6) is 0 Å². The van der Waals surface area contributed by atoms with Crippen LogP contribution >= 0.6 is 11.6 Å². The van der Waals surface area contributed by atoms with Gasteiger partial charge in [0.05, 0.1) is 11.8 Å². The van der Waals surface area contributed by atoms with Gasteiger partial charge in [-0.1, -0.05) is 24.4 Å². The Morgan fingerprint density at radius 3 is 2.95 bits per heavy atom. The number of amides is 1. The van der Waals surface area contributed by atoms with Crippen LogP contribution in [0.25, 0.3) is 0 Å². The summed E-state index contributed by atoms with van der Waals surface area (Å²) in [6.07, 6.45) is 6.01. The van der Waals surface area contributed by atoms with Gasteiger partial charge in [-0.05, 0) is 26.0 Å². The minimum Gasteiger partial charge on any atom is -0.351 e. The number of likely N-dealkylation sites (N-methyl/N-ethyl adjacent to an activating group) is 1. The molecule has 0 unspecified atom stereocenters. The standard InChI is InChI=1S/C14H19ClFN3O/c1-19(11-4-2-3-5-11)7-6-17-14(20)12-8-10(16)9-18-13(12)15/h8-9,11H,2-7H2,1H3,(H,17,20). The number of rotatable bonds is 5. The molecule has 0 atom stereocenters. The van der Waals surface area contributed by atoms with Crippen molar-refractivity contribution in [1.82, 2.24) is 15.2 Å². The summed E-state index contributed by atoms with van der Waals surface area (Å²) in [6.45, 7) is 1.29. The fourth-order valence-corrected chi connectivity index (χ4v) is 2.74. The summed E-state index contributed by atoms with van der Waals surface area (Å²) in [6, 6.07) is 1.72. The van der Waals surface area contributed by atoms with Crippen molar-refractivity contribution < 1.29 is 9.18 Å². The van der Waals surface area contributed by atoms with Crippen molar-refractivity contribution in [2.45, 2.75) is 31.7 Å². The Bertz CT molecular complexity index is 477. The highest BCUT2D eigenvalue weighted by Crippen LogP contribution is 2.21. The highest BCUT2D eigenvalue weighted by Gasteiger charge is 2.19. The molecule has 1 amide bonds. The molecule has 20 heavy (non-hydrogen) atoms. The third-order valence-corrected chi connectivity index (χ3v) is 4.05. The van der Waals surface area contributed by atoms with Gasteiger partial charge in [0, 0.05) is 19.1 Å². The summed E-state index contributed by atoms with van der Waals surface area (Å²) in [4.78, 5) is 17.8. The molecular formula is C14H19ClFN3O. The number of pyridine rings is 1. The van der Waals surface area contributed by atoms with E-state index in [1.165, 1.54) is 25.7 Å². The first-order valence-electron chi connectivity index (χ1n) is 6.87. The molecule has 1 aromatic rings. The van der Waals surface area contributed by atoms with E-state index in [1.54, 1.807) is 0 Å². The van der Waals surface area contributed by atoms with Gasteiger partial charge < -0.3 is 10.2 Å². The number of halogens is 2. The molecule has 0 aromatic carbocycles. The average Bonchev–Trinajstić information content (AvgIpc) is 2.95. The minimum atomic E-state index is -0.567. The quantitative estimate of drug-likeness (QED) is 0.850. The average molecular weight is 300 g/mol. The first-order chi connectivity index (χ1) is 9.58. The van der Waals surface area contributed by atoms with Gasteiger partial charge in [-0.2, -0.15) is 0 Å². The Kier molecular flexibility index (Phi) is 5.31. The Morgan fingerprint density at radius 1 is 1.55 bits per heavy atom. The number of carbonyl (C=O) groups excluding carboxylic acids is 1. The Morgan fingerprint density at radius 2 is 2.25 bits per heavy atom. The van der Waals surface area contributed by atoms with Gasteiger partial charge in [-0.3, -0.25) is 4.79 Å². The summed E-state index contributed by atoms with van der Waals surface area (Å²) in [5.41, 5.74) is 0.0789. The van der Waals surface area contributed by atoms with Crippen molar-refractivity contribution in [2.75, 3.05) is 20.1 Å². The maximum Gasteiger partial charge on any atom is 0.254 e. The van der Waals surface area contributed by atoms with Crippen molar-refractivity contribution in [3.63, 3.8) is 0 Å². The second kappa shape index (κ2) is 6.99. The molecule has 1 saturated carbocycles. The molecule has 0 saturated heterocycles. The van der Waals surface area contributed by atoms with Crippen LogP contribution in [-0.2, 0) is 0 Å². The summed E-state index contributed by atoms with van der Waals surface area (Å²) in [5, 5.41) is 2.77. The molecule has 0 aliphatic heterocycles. The molecule has 1 aliphatic rings. The maximum absolute atomic E-state index is 13.1. The third kappa shape index (κ3) is 3.90. The van der Waals surface area contributed by atoms with Crippen LogP contribution in [0.2, 0.25) is 5.15 Å². The predicted molar refractivity (Wildman–Crippen MR) is 76.4 cm³/mol. The van der Waals surface area contributed by atoms with Crippen molar-refractivity contribution in [1.29, 1.82) is 0 Å². The van der Waals surface area contributed by atoms with Crippen molar-refractivity contribution in [3.8, 4) is 0 Å². The lowest BCUT2D eigenvalue weighted by Crippen LogP contribution is -2.37. The van der Waals surface area contributed by atoms with Crippen LogP contribution in [0.4, 0.5) is 4.39 Å². The van der Waals surface area contributed by atoms with E-state index < -0.39 is 5.82 Å². The lowest BCUT2D eigenvalue weighted by Gasteiger charge is -2.23. The van der Waals surface area contributed by atoms with Crippen LogP contribution in [0, 0.1) is 5.82 Å². The molecule has 1 aromatic heterocycles. The molecule has 1 heterocycles. The van der Waals surface area contributed by atoms with Gasteiger partial charge in [0.2, 0.25) is 0 Å². The molecular weight excluding hydrogens is 281 g/mol. The second-order valence-corrected chi connectivity index (χ2v) is 5.52. The largest absolute Gasteiger partial charge is 0.351 e. The van der Waals surface area contributed by atoms with Crippen LogP contribution in [0.1, 0.15) is 36.0 Å². The third-order valence-electron chi connectivity index (χ3n) is 3.75. The molecule has 2 rings (SSSR count). The number of nitrogens with one attached hydrogen (secondary N) is 1. The molecule has 1 N–H and O–H groups in total. The SMILES string of the molecule is CN(CCNC(=O)c1cc(F)cnc1Cl)C1CCCC1. The van der Waals surface area contributed by atoms with Gasteiger partial charge >= 0.3 is 0 Å². The lowest BCUT2D eigenvalue weighted by molar-refractivity contribution is 0.0946. The maximum atomic E-state index is 13.1. The van der Waals surface area contributed by atoms with Crippen LogP contribution in [-0.4, -0.2) is 42.0 Å². The van der Waals surface area contributed by atoms with E-state index in [1.807, 2.05) is 0 Å². The Labute approximate surface area is 123 Å². The summed E-state index contributed by atoms with van der Waals surface area (Å²) in [5.74, 6) is -0.954. The van der Waals surface area contributed by atoms with E-state index in [4.69, 9.17) is 11.6 Å². The van der Waals surface area contributed by atoms with E-state index in [9.17, 15) is 9.18 Å². The van der Waals surface area contributed by atoms with E-state index in [0.717, 1.165) is 18.8 Å². The molecule has 6 heteroatoms. The Balaban J connectivity index is 1.81.